The van der Waals surface area contributed by atoms with Gasteiger partial charge in [-0.2, -0.15) is 0 Å². The van der Waals surface area contributed by atoms with Crippen molar-refractivity contribution in [2.45, 2.75) is 64.0 Å². The van der Waals surface area contributed by atoms with E-state index in [1.54, 1.807) is 5.48 Å². The molecule has 1 saturated carbocycles. The number of carbonyl (C=O) groups excluding carboxylic acids is 2. The number of rotatable bonds is 6. The number of fused-ring (bicyclic) bond motifs is 1. The van der Waals surface area contributed by atoms with Crippen LogP contribution in [0.2, 0.25) is 0 Å². The van der Waals surface area contributed by atoms with Gasteiger partial charge < -0.3 is 10.1 Å². The molecule has 2 aliphatic rings. The van der Waals surface area contributed by atoms with Crippen LogP contribution in [0.4, 0.5) is 0 Å². The molecule has 5 rings (SSSR count). The molecule has 188 valence electrons. The fraction of sp³-hybridized carbons (Fsp3) is 0.414. The largest absolute Gasteiger partial charge is 0.375 e. The van der Waals surface area contributed by atoms with Crippen molar-refractivity contribution in [3.63, 3.8) is 0 Å². The van der Waals surface area contributed by atoms with E-state index in [4.69, 9.17) is 9.72 Å². The fourth-order valence-corrected chi connectivity index (χ4v) is 6.11. The van der Waals surface area contributed by atoms with E-state index in [9.17, 15) is 14.8 Å². The molecule has 1 saturated heterocycles. The third-order valence-electron chi connectivity index (χ3n) is 7.89. The predicted molar refractivity (Wildman–Crippen MR) is 137 cm³/mol. The highest BCUT2D eigenvalue weighted by molar-refractivity contribution is 5.95. The van der Waals surface area contributed by atoms with Gasteiger partial charge >= 0.3 is 0 Å². The summed E-state index contributed by atoms with van der Waals surface area (Å²) in [5, 5.41) is 13.4. The molecule has 3 atom stereocenters. The first-order chi connectivity index (χ1) is 17.4. The second kappa shape index (κ2) is 9.99. The molecule has 0 radical (unpaired) electrons. The lowest BCUT2D eigenvalue weighted by atomic mass is 9.93. The van der Waals surface area contributed by atoms with E-state index in [0.717, 1.165) is 42.5 Å². The minimum atomic E-state index is -0.521. The van der Waals surface area contributed by atoms with Crippen LogP contribution < -0.4 is 10.8 Å². The molecular weight excluding hydrogens is 454 g/mol. The molecule has 2 heterocycles. The van der Waals surface area contributed by atoms with Gasteiger partial charge in [0.2, 0.25) is 5.91 Å². The number of hydrogen-bond acceptors (Lipinski definition) is 5. The second-order valence-corrected chi connectivity index (χ2v) is 10.1. The van der Waals surface area contributed by atoms with Gasteiger partial charge in [0, 0.05) is 29.3 Å². The molecule has 0 unspecified atom stereocenters. The first-order valence-electron chi connectivity index (χ1n) is 12.8. The maximum Gasteiger partial charge on any atom is 0.251 e. The van der Waals surface area contributed by atoms with Crippen molar-refractivity contribution in [3.05, 3.63) is 76.5 Å². The number of carbonyl (C=O) groups is 2. The van der Waals surface area contributed by atoms with Crippen molar-refractivity contribution in [2.75, 3.05) is 6.61 Å². The Labute approximate surface area is 211 Å². The summed E-state index contributed by atoms with van der Waals surface area (Å²) in [4.78, 5) is 30.2. The quantitative estimate of drug-likeness (QED) is 0.356. The topological polar surface area (TPSA) is 101 Å². The van der Waals surface area contributed by atoms with E-state index in [-0.39, 0.29) is 17.6 Å². The van der Waals surface area contributed by atoms with Gasteiger partial charge in [-0.25, -0.2) is 5.48 Å². The summed E-state index contributed by atoms with van der Waals surface area (Å²) in [6, 6.07) is 15.5. The normalized spacial score (nSPS) is 23.3. The van der Waals surface area contributed by atoms with Crippen LogP contribution in [0.5, 0.6) is 0 Å². The third kappa shape index (κ3) is 4.61. The molecular formula is C29H33N3O4. The highest BCUT2D eigenvalue weighted by atomic mass is 16.5. The van der Waals surface area contributed by atoms with Crippen molar-refractivity contribution in [1.82, 2.24) is 15.8 Å². The molecule has 2 amide bonds. The van der Waals surface area contributed by atoms with E-state index in [2.05, 4.69) is 25.2 Å². The number of hydrogen-bond donors (Lipinski definition) is 3. The van der Waals surface area contributed by atoms with Crippen LogP contribution in [0.1, 0.15) is 65.3 Å². The van der Waals surface area contributed by atoms with Crippen LogP contribution in [0.15, 0.2) is 48.5 Å². The van der Waals surface area contributed by atoms with Gasteiger partial charge in [-0.3, -0.25) is 19.8 Å². The Morgan fingerprint density at radius 3 is 2.58 bits per heavy atom. The first-order valence-corrected chi connectivity index (χ1v) is 12.8. The molecule has 1 spiro atoms. The van der Waals surface area contributed by atoms with Gasteiger partial charge in [-0.05, 0) is 80.3 Å². The summed E-state index contributed by atoms with van der Waals surface area (Å²) in [5.41, 5.74) is 7.65. The number of hydroxylamine groups is 1. The highest BCUT2D eigenvalue weighted by Crippen LogP contribution is 2.44. The Balaban J connectivity index is 1.33. The number of benzene rings is 2. The number of para-hydroxylation sites is 1. The monoisotopic (exact) mass is 487 g/mol. The van der Waals surface area contributed by atoms with Crippen LogP contribution in [0.25, 0.3) is 10.9 Å². The average molecular weight is 488 g/mol. The Hall–Kier alpha value is -3.29. The standard InChI is InChI=1S/C29H33N3O4/c1-3-21-18(2)30-25-8-5-4-7-22(25)23(21)15-19-9-11-20(12-10-19)27(33)31-26-17-29(13-6-14-36-29)16-24(26)28(34)32-35/h4-5,7-12,24,26,35H,3,6,13-17H2,1-2H3,(H,31,33)(H,32,34)/t24-,26+,29+/m0/s1. The number of pyridine rings is 1. The Bertz CT molecular complexity index is 1280. The lowest BCUT2D eigenvalue weighted by Crippen LogP contribution is -2.43. The number of aryl methyl sites for hydroxylation is 1. The molecule has 7 nitrogen and oxygen atoms in total. The molecule has 1 aliphatic heterocycles. The smallest absolute Gasteiger partial charge is 0.251 e. The number of aromatic nitrogens is 1. The molecule has 1 aromatic heterocycles. The highest BCUT2D eigenvalue weighted by Gasteiger charge is 2.51. The molecule has 2 fully saturated rings. The van der Waals surface area contributed by atoms with Crippen LogP contribution >= 0.6 is 0 Å². The lowest BCUT2D eigenvalue weighted by molar-refractivity contribution is -0.134. The van der Waals surface area contributed by atoms with Crippen molar-refractivity contribution in [3.8, 4) is 0 Å². The van der Waals surface area contributed by atoms with E-state index in [1.807, 2.05) is 42.5 Å². The van der Waals surface area contributed by atoms with Gasteiger partial charge in [-0.15, -0.1) is 0 Å². The molecule has 1 aliphatic carbocycles. The minimum Gasteiger partial charge on any atom is -0.375 e. The van der Waals surface area contributed by atoms with Gasteiger partial charge in [-0.1, -0.05) is 37.3 Å². The zero-order valence-corrected chi connectivity index (χ0v) is 20.8. The van der Waals surface area contributed by atoms with Crippen molar-refractivity contribution in [1.29, 1.82) is 0 Å². The summed E-state index contributed by atoms with van der Waals surface area (Å²) in [6.45, 7) is 4.89. The SMILES string of the molecule is CCc1c(C)nc2ccccc2c1Cc1ccc(C(=O)N[C@@H]2C[C@@]3(CCCO3)C[C@@H]2C(=O)NO)cc1. The zero-order valence-electron chi connectivity index (χ0n) is 20.8. The average Bonchev–Trinajstić information content (AvgIpc) is 3.50. The van der Waals surface area contributed by atoms with Gasteiger partial charge in [0.15, 0.2) is 0 Å². The number of nitrogens with zero attached hydrogens (tertiary/aromatic N) is 1. The van der Waals surface area contributed by atoms with E-state index in [1.165, 1.54) is 16.5 Å². The third-order valence-corrected chi connectivity index (χ3v) is 7.89. The second-order valence-electron chi connectivity index (χ2n) is 10.1. The summed E-state index contributed by atoms with van der Waals surface area (Å²) >= 11 is 0. The Kier molecular flexibility index (Phi) is 6.77. The van der Waals surface area contributed by atoms with Crippen molar-refractivity contribution >= 4 is 22.7 Å². The molecule has 0 bridgehead atoms. The summed E-state index contributed by atoms with van der Waals surface area (Å²) < 4.78 is 5.96. The Morgan fingerprint density at radius 1 is 1.11 bits per heavy atom. The minimum absolute atomic E-state index is 0.225. The zero-order chi connectivity index (χ0) is 25.3. The number of nitrogens with one attached hydrogen (secondary N) is 2. The summed E-state index contributed by atoms with van der Waals surface area (Å²) in [7, 11) is 0. The molecule has 3 N–H and O–H groups in total. The van der Waals surface area contributed by atoms with Crippen LogP contribution in [0.3, 0.4) is 0 Å². The van der Waals surface area contributed by atoms with Crippen LogP contribution in [-0.4, -0.2) is 40.3 Å². The van der Waals surface area contributed by atoms with Crippen LogP contribution in [-0.2, 0) is 22.4 Å². The first kappa shape index (κ1) is 24.4. The van der Waals surface area contributed by atoms with E-state index >= 15 is 0 Å². The number of amides is 2. The van der Waals surface area contributed by atoms with Crippen LogP contribution in [0, 0.1) is 12.8 Å². The predicted octanol–water partition coefficient (Wildman–Crippen LogP) is 4.26. The van der Waals surface area contributed by atoms with Crippen molar-refractivity contribution < 1.29 is 19.5 Å². The fourth-order valence-electron chi connectivity index (χ4n) is 6.11. The van der Waals surface area contributed by atoms with Gasteiger partial charge in [0.1, 0.15) is 0 Å². The van der Waals surface area contributed by atoms with E-state index in [0.29, 0.717) is 25.0 Å². The molecule has 2 aromatic carbocycles. The van der Waals surface area contributed by atoms with Gasteiger partial charge in [0.25, 0.3) is 5.91 Å². The van der Waals surface area contributed by atoms with E-state index < -0.39 is 11.8 Å². The van der Waals surface area contributed by atoms with Gasteiger partial charge in [0.05, 0.1) is 17.0 Å². The summed E-state index contributed by atoms with van der Waals surface area (Å²) in [6.07, 6.45) is 4.56. The molecule has 3 aromatic rings. The maximum atomic E-state index is 13.1. The Morgan fingerprint density at radius 2 is 1.89 bits per heavy atom. The molecule has 36 heavy (non-hydrogen) atoms. The summed E-state index contributed by atoms with van der Waals surface area (Å²) in [5.74, 6) is -1.22. The number of ether oxygens (including phenoxy) is 1. The lowest BCUT2D eigenvalue weighted by Gasteiger charge is -2.22. The molecule has 7 heteroatoms. The maximum absolute atomic E-state index is 13.1. The van der Waals surface area contributed by atoms with Crippen molar-refractivity contribution in [2.24, 2.45) is 5.92 Å².